The van der Waals surface area contributed by atoms with Gasteiger partial charge < -0.3 is 14.8 Å². The van der Waals surface area contributed by atoms with E-state index in [0.717, 1.165) is 0 Å². The summed E-state index contributed by atoms with van der Waals surface area (Å²) in [6.07, 6.45) is -0.569. The van der Waals surface area contributed by atoms with Crippen LogP contribution >= 0.6 is 0 Å². The molecule has 0 aromatic heterocycles. The maximum Gasteiger partial charge on any atom is 0.410 e. The van der Waals surface area contributed by atoms with E-state index in [1.165, 1.54) is 0 Å². The van der Waals surface area contributed by atoms with Gasteiger partial charge in [0, 0.05) is 6.54 Å². The second kappa shape index (κ2) is 7.09. The molecule has 0 saturated carbocycles. The normalized spacial score (nSPS) is 10.3. The topological polar surface area (TPSA) is 64.6 Å². The zero-order valence-corrected chi connectivity index (χ0v) is 9.70. The molecule has 0 unspecified atom stereocenters. The Kier molecular flexibility index (Phi) is 6.49. The van der Waals surface area contributed by atoms with E-state index in [-0.39, 0.29) is 18.7 Å². The summed E-state index contributed by atoms with van der Waals surface area (Å²) in [5, 5.41) is 2.53. The van der Waals surface area contributed by atoms with Crippen molar-refractivity contribution in [3.05, 3.63) is 0 Å². The van der Waals surface area contributed by atoms with Gasteiger partial charge in [0.2, 0.25) is 6.79 Å². The molecule has 0 rings (SSSR count). The van der Waals surface area contributed by atoms with Gasteiger partial charge in [0.25, 0.3) is 0 Å². The van der Waals surface area contributed by atoms with Crippen LogP contribution < -0.4 is 5.32 Å². The zero-order chi connectivity index (χ0) is 11.8. The molecule has 1 amide bonds. The van der Waals surface area contributed by atoms with Crippen molar-refractivity contribution in [2.45, 2.75) is 27.7 Å². The van der Waals surface area contributed by atoms with Gasteiger partial charge >= 0.3 is 12.1 Å². The average molecular weight is 217 g/mol. The fourth-order valence-electron chi connectivity index (χ4n) is 0.646. The molecule has 15 heavy (non-hydrogen) atoms. The van der Waals surface area contributed by atoms with Gasteiger partial charge in [0.05, 0.1) is 5.92 Å². The Morgan fingerprint density at radius 3 is 2.20 bits per heavy atom. The lowest BCUT2D eigenvalue weighted by molar-refractivity contribution is -0.155. The van der Waals surface area contributed by atoms with Crippen LogP contribution in [0.5, 0.6) is 0 Å². The van der Waals surface area contributed by atoms with E-state index >= 15 is 0 Å². The first kappa shape index (κ1) is 13.7. The number of alkyl carbamates (subject to hydrolysis) is 1. The third kappa shape index (κ3) is 7.78. The average Bonchev–Trinajstić information content (AvgIpc) is 2.14. The van der Waals surface area contributed by atoms with Crippen molar-refractivity contribution in [3.8, 4) is 0 Å². The minimum absolute atomic E-state index is 0.215. The van der Waals surface area contributed by atoms with Crippen molar-refractivity contribution in [3.63, 3.8) is 0 Å². The molecule has 0 heterocycles. The molecule has 0 radical (unpaired) electrons. The first-order chi connectivity index (χ1) is 6.93. The molecule has 0 aromatic carbocycles. The van der Waals surface area contributed by atoms with Gasteiger partial charge in [-0.25, -0.2) is 4.79 Å². The number of ether oxygens (including phenoxy) is 2. The molecule has 0 aliphatic rings. The summed E-state index contributed by atoms with van der Waals surface area (Å²) in [6, 6.07) is 0. The zero-order valence-electron chi connectivity index (χ0n) is 9.70. The predicted molar refractivity (Wildman–Crippen MR) is 55.1 cm³/mol. The Labute approximate surface area is 90.1 Å². The lowest BCUT2D eigenvalue weighted by Crippen LogP contribution is -2.29. The van der Waals surface area contributed by atoms with Crippen molar-refractivity contribution >= 4 is 12.1 Å². The highest BCUT2D eigenvalue weighted by Crippen LogP contribution is 1.95. The van der Waals surface area contributed by atoms with Crippen molar-refractivity contribution in [2.75, 3.05) is 13.3 Å². The SMILES string of the molecule is CC(C)CNC(=O)OCOC(=O)C(C)C. The van der Waals surface area contributed by atoms with E-state index in [4.69, 9.17) is 0 Å². The number of esters is 1. The van der Waals surface area contributed by atoms with Crippen LogP contribution in [0, 0.1) is 11.8 Å². The maximum absolute atomic E-state index is 11.0. The van der Waals surface area contributed by atoms with Crippen molar-refractivity contribution < 1.29 is 19.1 Å². The predicted octanol–water partition coefficient (Wildman–Crippen LogP) is 1.53. The fraction of sp³-hybridized carbons (Fsp3) is 0.800. The van der Waals surface area contributed by atoms with E-state index in [9.17, 15) is 9.59 Å². The number of hydrogen-bond acceptors (Lipinski definition) is 4. The van der Waals surface area contributed by atoms with E-state index in [0.29, 0.717) is 12.5 Å². The Morgan fingerprint density at radius 1 is 1.13 bits per heavy atom. The highest BCUT2D eigenvalue weighted by Gasteiger charge is 2.09. The van der Waals surface area contributed by atoms with E-state index < -0.39 is 6.09 Å². The van der Waals surface area contributed by atoms with Gasteiger partial charge in [0.1, 0.15) is 0 Å². The molecule has 0 saturated heterocycles. The van der Waals surface area contributed by atoms with Crippen LogP contribution in [0.25, 0.3) is 0 Å². The number of carbonyl (C=O) groups is 2. The Balaban J connectivity index is 3.51. The lowest BCUT2D eigenvalue weighted by atomic mass is 10.2. The van der Waals surface area contributed by atoms with Crippen LogP contribution in [-0.2, 0) is 14.3 Å². The van der Waals surface area contributed by atoms with Crippen LogP contribution in [0.15, 0.2) is 0 Å². The van der Waals surface area contributed by atoms with Gasteiger partial charge in [-0.1, -0.05) is 27.7 Å². The number of amides is 1. The molecule has 0 fully saturated rings. The summed E-state index contributed by atoms with van der Waals surface area (Å²) in [6.45, 7) is 7.57. The molecule has 0 aromatic rings. The first-order valence-electron chi connectivity index (χ1n) is 5.00. The Hall–Kier alpha value is -1.26. The lowest BCUT2D eigenvalue weighted by Gasteiger charge is -2.09. The number of carbonyl (C=O) groups excluding carboxylic acids is 2. The molecule has 0 atom stereocenters. The number of nitrogens with one attached hydrogen (secondary N) is 1. The van der Waals surface area contributed by atoms with E-state index in [2.05, 4.69) is 14.8 Å². The summed E-state index contributed by atoms with van der Waals surface area (Å²) in [5.41, 5.74) is 0. The third-order valence-corrected chi connectivity index (χ3v) is 1.52. The summed E-state index contributed by atoms with van der Waals surface area (Å²) >= 11 is 0. The Morgan fingerprint density at radius 2 is 1.73 bits per heavy atom. The minimum Gasteiger partial charge on any atom is -0.428 e. The quantitative estimate of drug-likeness (QED) is 0.560. The van der Waals surface area contributed by atoms with Gasteiger partial charge in [-0.2, -0.15) is 0 Å². The third-order valence-electron chi connectivity index (χ3n) is 1.52. The summed E-state index contributed by atoms with van der Waals surface area (Å²) < 4.78 is 9.28. The van der Waals surface area contributed by atoms with Crippen LogP contribution in [0.1, 0.15) is 27.7 Å². The largest absolute Gasteiger partial charge is 0.428 e. The van der Waals surface area contributed by atoms with Gasteiger partial charge in [-0.05, 0) is 5.92 Å². The molecule has 0 spiro atoms. The second-order valence-electron chi connectivity index (χ2n) is 3.94. The van der Waals surface area contributed by atoms with Crippen LogP contribution in [0.4, 0.5) is 4.79 Å². The number of rotatable bonds is 5. The van der Waals surface area contributed by atoms with Crippen LogP contribution in [-0.4, -0.2) is 25.4 Å². The highest BCUT2D eigenvalue weighted by molar-refractivity contribution is 5.71. The molecular formula is C10H19NO4. The van der Waals surface area contributed by atoms with Gasteiger partial charge in [-0.15, -0.1) is 0 Å². The fourth-order valence-corrected chi connectivity index (χ4v) is 0.646. The number of hydrogen-bond donors (Lipinski definition) is 1. The maximum atomic E-state index is 11.0. The van der Waals surface area contributed by atoms with Gasteiger partial charge in [-0.3, -0.25) is 4.79 Å². The van der Waals surface area contributed by atoms with E-state index in [1.54, 1.807) is 13.8 Å². The monoisotopic (exact) mass is 217 g/mol. The molecule has 1 N–H and O–H groups in total. The molecule has 0 bridgehead atoms. The van der Waals surface area contributed by atoms with Crippen molar-refractivity contribution in [2.24, 2.45) is 11.8 Å². The molecule has 5 nitrogen and oxygen atoms in total. The van der Waals surface area contributed by atoms with Crippen molar-refractivity contribution in [1.82, 2.24) is 5.32 Å². The minimum atomic E-state index is -0.569. The molecule has 88 valence electrons. The summed E-state index contributed by atoms with van der Waals surface area (Å²) in [4.78, 5) is 21.9. The molecule has 0 aliphatic heterocycles. The molecule has 5 heteroatoms. The first-order valence-corrected chi connectivity index (χ1v) is 5.00. The van der Waals surface area contributed by atoms with Crippen molar-refractivity contribution in [1.29, 1.82) is 0 Å². The molecular weight excluding hydrogens is 198 g/mol. The van der Waals surface area contributed by atoms with Crippen LogP contribution in [0.2, 0.25) is 0 Å². The van der Waals surface area contributed by atoms with Gasteiger partial charge in [0.15, 0.2) is 0 Å². The smallest absolute Gasteiger partial charge is 0.410 e. The van der Waals surface area contributed by atoms with E-state index in [1.807, 2.05) is 13.8 Å². The highest BCUT2D eigenvalue weighted by atomic mass is 16.7. The molecule has 0 aliphatic carbocycles. The summed E-state index contributed by atoms with van der Waals surface area (Å²) in [5.74, 6) is -0.241. The standard InChI is InChI=1S/C10H19NO4/c1-7(2)5-11-10(13)15-6-14-9(12)8(3)4/h7-8H,5-6H2,1-4H3,(H,11,13). The Bertz CT molecular complexity index is 213. The second-order valence-corrected chi connectivity index (χ2v) is 3.94. The van der Waals surface area contributed by atoms with Crippen LogP contribution in [0.3, 0.4) is 0 Å². The summed E-state index contributed by atoms with van der Waals surface area (Å²) in [7, 11) is 0.